The van der Waals surface area contributed by atoms with Crippen LogP contribution in [-0.2, 0) is 4.79 Å². The van der Waals surface area contributed by atoms with Crippen molar-refractivity contribution in [3.63, 3.8) is 0 Å². The van der Waals surface area contributed by atoms with Crippen LogP contribution in [0.2, 0.25) is 10.0 Å². The van der Waals surface area contributed by atoms with Gasteiger partial charge in [0, 0.05) is 43.4 Å². The van der Waals surface area contributed by atoms with E-state index in [1.54, 1.807) is 0 Å². The molecular formula is C26H30Cl2N4O. The topological polar surface area (TPSA) is 47.9 Å². The Kier molecular flexibility index (Phi) is 6.64. The number of halogens is 2. The van der Waals surface area contributed by atoms with Crippen LogP contribution < -0.4 is 10.2 Å². The normalized spacial score (nSPS) is 23.2. The molecule has 5 nitrogen and oxygen atoms in total. The van der Waals surface area contributed by atoms with Gasteiger partial charge in [0.15, 0.2) is 0 Å². The molecule has 2 heterocycles. The van der Waals surface area contributed by atoms with E-state index in [9.17, 15) is 4.79 Å². The molecule has 0 aromatic heterocycles. The van der Waals surface area contributed by atoms with Gasteiger partial charge in [0.25, 0.3) is 0 Å². The van der Waals surface area contributed by atoms with E-state index >= 15 is 0 Å². The van der Waals surface area contributed by atoms with Crippen LogP contribution in [0.4, 0.5) is 5.69 Å². The van der Waals surface area contributed by atoms with E-state index in [0.29, 0.717) is 10.0 Å². The third-order valence-corrected chi connectivity index (χ3v) is 7.98. The zero-order valence-electron chi connectivity index (χ0n) is 19.0. The molecule has 5 rings (SSSR count). The van der Waals surface area contributed by atoms with Gasteiger partial charge in [0.1, 0.15) is 0 Å². The summed E-state index contributed by atoms with van der Waals surface area (Å²) in [4.78, 5) is 22.7. The van der Waals surface area contributed by atoms with E-state index in [4.69, 9.17) is 28.2 Å². The molecule has 2 unspecified atom stereocenters. The number of allylic oxidation sites excluding steroid dienone is 4. The molecule has 7 heteroatoms. The molecule has 2 fully saturated rings. The van der Waals surface area contributed by atoms with Crippen molar-refractivity contribution in [1.29, 1.82) is 0 Å². The van der Waals surface area contributed by atoms with Gasteiger partial charge in [0.2, 0.25) is 5.91 Å². The average molecular weight is 485 g/mol. The van der Waals surface area contributed by atoms with Gasteiger partial charge in [-0.3, -0.25) is 14.7 Å². The van der Waals surface area contributed by atoms with E-state index in [1.807, 2.05) is 18.2 Å². The maximum Gasteiger partial charge on any atom is 0.224 e. The van der Waals surface area contributed by atoms with Crippen molar-refractivity contribution in [2.75, 3.05) is 31.1 Å². The Morgan fingerprint density at radius 3 is 2.85 bits per heavy atom. The van der Waals surface area contributed by atoms with Crippen molar-refractivity contribution in [1.82, 2.24) is 10.2 Å². The number of amides is 1. The number of carbonyl (C=O) groups is 1. The van der Waals surface area contributed by atoms with Crippen LogP contribution in [-0.4, -0.2) is 48.9 Å². The third-order valence-electron chi connectivity index (χ3n) is 7.17. The molecular weight excluding hydrogens is 455 g/mol. The molecule has 1 saturated heterocycles. The Bertz CT molecular complexity index is 1070. The summed E-state index contributed by atoms with van der Waals surface area (Å²) in [6, 6.07) is 5.78. The Morgan fingerprint density at radius 1 is 1.24 bits per heavy atom. The number of hydrogen-bond acceptors (Lipinski definition) is 4. The Morgan fingerprint density at radius 2 is 2.06 bits per heavy atom. The van der Waals surface area contributed by atoms with Crippen LogP contribution >= 0.6 is 23.2 Å². The van der Waals surface area contributed by atoms with Crippen molar-refractivity contribution < 1.29 is 4.79 Å². The summed E-state index contributed by atoms with van der Waals surface area (Å²) in [5.74, 6) is 0.200. The maximum atomic E-state index is 13.3. The highest BCUT2D eigenvalue weighted by molar-refractivity contribution is 6.43. The van der Waals surface area contributed by atoms with Gasteiger partial charge in [0.05, 0.1) is 27.6 Å². The number of fused-ring (bicyclic) bond motifs is 2. The number of anilines is 1. The van der Waals surface area contributed by atoms with Gasteiger partial charge in [-0.1, -0.05) is 54.8 Å². The van der Waals surface area contributed by atoms with Crippen molar-refractivity contribution in [3.8, 4) is 0 Å². The molecule has 1 saturated carbocycles. The number of nitrogens with zero attached hydrogens (tertiary/aromatic N) is 3. The molecule has 1 aromatic carbocycles. The van der Waals surface area contributed by atoms with Crippen molar-refractivity contribution in [2.45, 2.75) is 45.2 Å². The Hall–Kier alpha value is -2.08. The molecule has 1 aromatic rings. The minimum atomic E-state index is 0.0192. The van der Waals surface area contributed by atoms with Crippen LogP contribution in [0, 0.1) is 5.92 Å². The first-order valence-corrected chi connectivity index (χ1v) is 12.7. The van der Waals surface area contributed by atoms with Gasteiger partial charge < -0.3 is 10.2 Å². The lowest BCUT2D eigenvalue weighted by Gasteiger charge is -2.41. The number of carbonyl (C=O) groups excluding carboxylic acids is 1. The second-order valence-corrected chi connectivity index (χ2v) is 10.00. The number of benzene rings is 1. The van der Waals surface area contributed by atoms with Gasteiger partial charge in [-0.25, -0.2) is 0 Å². The lowest BCUT2D eigenvalue weighted by molar-refractivity contribution is -0.127. The first-order valence-electron chi connectivity index (χ1n) is 12.0. The van der Waals surface area contributed by atoms with Crippen LogP contribution in [0.25, 0.3) is 0 Å². The molecule has 0 spiro atoms. The summed E-state index contributed by atoms with van der Waals surface area (Å²) in [6.07, 6.45) is 10.9. The highest BCUT2D eigenvalue weighted by atomic mass is 35.5. The van der Waals surface area contributed by atoms with Gasteiger partial charge in [-0.05, 0) is 49.5 Å². The monoisotopic (exact) mass is 484 g/mol. The summed E-state index contributed by atoms with van der Waals surface area (Å²) in [5.41, 5.74) is 5.75. The summed E-state index contributed by atoms with van der Waals surface area (Å²) < 4.78 is 0. The SMILES string of the molecule is CCCC(NC(=O)C1CCC2=NC3=CC=CC3=C2C1)N1CCN(c2cccc(Cl)c2Cl)CC1. The van der Waals surface area contributed by atoms with E-state index in [2.05, 4.69) is 40.3 Å². The number of piperazine rings is 1. The average Bonchev–Trinajstić information content (AvgIpc) is 3.42. The molecule has 0 radical (unpaired) electrons. The van der Waals surface area contributed by atoms with Crippen LogP contribution in [0.15, 0.2) is 58.3 Å². The van der Waals surface area contributed by atoms with Crippen LogP contribution in [0.3, 0.4) is 0 Å². The van der Waals surface area contributed by atoms with E-state index in [1.165, 1.54) is 16.9 Å². The molecule has 2 atom stereocenters. The number of nitrogens with one attached hydrogen (secondary N) is 1. The zero-order valence-corrected chi connectivity index (χ0v) is 20.5. The fourth-order valence-electron chi connectivity index (χ4n) is 5.36. The number of hydrogen-bond donors (Lipinski definition) is 1. The highest BCUT2D eigenvalue weighted by Gasteiger charge is 2.34. The Balaban J connectivity index is 1.21. The van der Waals surface area contributed by atoms with Crippen molar-refractivity contribution >= 4 is 40.5 Å². The van der Waals surface area contributed by atoms with Crippen LogP contribution in [0.1, 0.15) is 39.0 Å². The van der Waals surface area contributed by atoms with Gasteiger partial charge >= 0.3 is 0 Å². The lowest BCUT2D eigenvalue weighted by Crippen LogP contribution is -2.56. The lowest BCUT2D eigenvalue weighted by atomic mass is 9.82. The summed E-state index contributed by atoms with van der Waals surface area (Å²) in [7, 11) is 0. The molecule has 2 aliphatic carbocycles. The van der Waals surface area contributed by atoms with Gasteiger partial charge in [-0.15, -0.1) is 0 Å². The summed E-state index contributed by atoms with van der Waals surface area (Å²) in [6.45, 7) is 5.65. The second kappa shape index (κ2) is 9.65. The summed E-state index contributed by atoms with van der Waals surface area (Å²) in [5, 5.41) is 4.60. The first kappa shape index (κ1) is 22.7. The second-order valence-electron chi connectivity index (χ2n) is 9.21. The number of rotatable bonds is 6. The predicted octanol–water partition coefficient (Wildman–Crippen LogP) is 5.36. The summed E-state index contributed by atoms with van der Waals surface area (Å²) >= 11 is 12.7. The van der Waals surface area contributed by atoms with E-state index < -0.39 is 0 Å². The molecule has 174 valence electrons. The third kappa shape index (κ3) is 4.51. The zero-order chi connectivity index (χ0) is 22.9. The van der Waals surface area contributed by atoms with Crippen molar-refractivity contribution in [3.05, 3.63) is 63.3 Å². The quantitative estimate of drug-likeness (QED) is 0.590. The molecule has 1 amide bonds. The molecule has 1 N–H and O–H groups in total. The minimum absolute atomic E-state index is 0.0192. The molecule has 4 aliphatic rings. The van der Waals surface area contributed by atoms with E-state index in [-0.39, 0.29) is 18.0 Å². The van der Waals surface area contributed by atoms with Crippen LogP contribution in [0.5, 0.6) is 0 Å². The smallest absolute Gasteiger partial charge is 0.224 e. The minimum Gasteiger partial charge on any atom is -0.368 e. The number of aliphatic imine (C=N–C) groups is 1. The maximum absolute atomic E-state index is 13.3. The fraction of sp³-hybridized carbons (Fsp3) is 0.462. The van der Waals surface area contributed by atoms with E-state index in [0.717, 1.165) is 69.7 Å². The van der Waals surface area contributed by atoms with Crippen molar-refractivity contribution in [2.24, 2.45) is 10.9 Å². The largest absolute Gasteiger partial charge is 0.368 e. The molecule has 2 aliphatic heterocycles. The first-order chi connectivity index (χ1) is 16.0. The molecule has 0 bridgehead atoms. The van der Waals surface area contributed by atoms with Gasteiger partial charge in [-0.2, -0.15) is 0 Å². The standard InChI is InChI=1S/C26H30Cl2N4O/c1-2-5-24(32-14-12-31(13-15-32)23-9-4-7-20(27)25(23)28)30-26(33)17-10-11-22-19(16-17)18-6-3-8-21(18)29-22/h3-4,6-9,17,24H,2,5,10-16H2,1H3,(H,30,33). The fourth-order valence-corrected chi connectivity index (χ4v) is 5.78. The highest BCUT2D eigenvalue weighted by Crippen LogP contribution is 2.39. The predicted molar refractivity (Wildman–Crippen MR) is 136 cm³/mol. The Labute approximate surface area is 205 Å². The molecule has 33 heavy (non-hydrogen) atoms.